The van der Waals surface area contributed by atoms with E-state index in [4.69, 9.17) is 4.74 Å². The summed E-state index contributed by atoms with van der Waals surface area (Å²) in [6, 6.07) is 9.48. The molecule has 1 heterocycles. The molecule has 118 valence electrons. The number of rotatable bonds is 6. The zero-order chi connectivity index (χ0) is 15.2. The molecule has 2 rings (SSSR count). The number of nitrogens with one attached hydrogen (secondary N) is 1. The van der Waals surface area contributed by atoms with Crippen LogP contribution in [0.3, 0.4) is 0 Å². The second-order valence-corrected chi connectivity index (χ2v) is 6.48. The molecule has 1 saturated heterocycles. The monoisotopic (exact) mass is 290 g/mol. The minimum atomic E-state index is 0.236. The topological polar surface area (TPSA) is 24.5 Å². The van der Waals surface area contributed by atoms with Crippen molar-refractivity contribution in [2.24, 2.45) is 5.92 Å². The average Bonchev–Trinajstić information content (AvgIpc) is 2.46. The zero-order valence-electron chi connectivity index (χ0n) is 13.9. The number of ether oxygens (including phenoxy) is 1. The SMILES string of the molecule is CCNCC1OCCN(C)C1c1ccc(CC(C)C)cc1. The smallest absolute Gasteiger partial charge is 0.0896 e. The summed E-state index contributed by atoms with van der Waals surface area (Å²) >= 11 is 0. The van der Waals surface area contributed by atoms with E-state index in [0.29, 0.717) is 12.0 Å². The van der Waals surface area contributed by atoms with Gasteiger partial charge in [-0.25, -0.2) is 0 Å². The molecule has 1 fully saturated rings. The van der Waals surface area contributed by atoms with Crippen molar-refractivity contribution in [3.05, 3.63) is 35.4 Å². The van der Waals surface area contributed by atoms with Gasteiger partial charge in [0.05, 0.1) is 18.8 Å². The standard InChI is InChI=1S/C18H30N2O/c1-5-19-13-17-18(20(4)10-11-21-17)16-8-6-15(7-9-16)12-14(2)3/h6-9,14,17-19H,5,10-13H2,1-4H3. The molecule has 0 spiro atoms. The van der Waals surface area contributed by atoms with Crippen LogP contribution >= 0.6 is 0 Å². The van der Waals surface area contributed by atoms with E-state index in [0.717, 1.165) is 32.7 Å². The van der Waals surface area contributed by atoms with E-state index in [1.54, 1.807) is 0 Å². The first kappa shape index (κ1) is 16.5. The lowest BCUT2D eigenvalue weighted by atomic mass is 9.95. The van der Waals surface area contributed by atoms with Gasteiger partial charge in [0.25, 0.3) is 0 Å². The summed E-state index contributed by atoms with van der Waals surface area (Å²) in [5, 5.41) is 3.42. The molecule has 0 saturated carbocycles. The van der Waals surface area contributed by atoms with Gasteiger partial charge in [0, 0.05) is 13.1 Å². The van der Waals surface area contributed by atoms with Crippen molar-refractivity contribution >= 4 is 0 Å². The Balaban J connectivity index is 2.11. The molecule has 2 atom stereocenters. The normalized spacial score (nSPS) is 23.7. The van der Waals surface area contributed by atoms with Crippen LogP contribution in [-0.4, -0.2) is 44.3 Å². The Bertz CT molecular complexity index is 416. The van der Waals surface area contributed by atoms with Gasteiger partial charge >= 0.3 is 0 Å². The highest BCUT2D eigenvalue weighted by Crippen LogP contribution is 2.28. The lowest BCUT2D eigenvalue weighted by Gasteiger charge is -2.39. The van der Waals surface area contributed by atoms with Gasteiger partial charge in [0.2, 0.25) is 0 Å². The van der Waals surface area contributed by atoms with Crippen molar-refractivity contribution in [2.45, 2.75) is 39.3 Å². The molecule has 0 aromatic heterocycles. The van der Waals surface area contributed by atoms with Crippen molar-refractivity contribution in [2.75, 3.05) is 33.3 Å². The van der Waals surface area contributed by atoms with Gasteiger partial charge in [-0.3, -0.25) is 4.90 Å². The number of nitrogens with zero attached hydrogens (tertiary/aromatic N) is 1. The molecule has 1 aliphatic heterocycles. The Hall–Kier alpha value is -0.900. The molecule has 1 N–H and O–H groups in total. The van der Waals surface area contributed by atoms with E-state index >= 15 is 0 Å². The fourth-order valence-corrected chi connectivity index (χ4v) is 3.11. The lowest BCUT2D eigenvalue weighted by molar-refractivity contribution is -0.0611. The number of hydrogen-bond donors (Lipinski definition) is 1. The Morgan fingerprint density at radius 2 is 2.00 bits per heavy atom. The van der Waals surface area contributed by atoms with Crippen LogP contribution in [0.4, 0.5) is 0 Å². The van der Waals surface area contributed by atoms with E-state index in [9.17, 15) is 0 Å². The first-order valence-electron chi connectivity index (χ1n) is 8.23. The number of morpholine rings is 1. The summed E-state index contributed by atoms with van der Waals surface area (Å²) in [6.45, 7) is 10.4. The molecule has 1 aliphatic rings. The van der Waals surface area contributed by atoms with Crippen LogP contribution in [0, 0.1) is 5.92 Å². The summed E-state index contributed by atoms with van der Waals surface area (Å²) in [7, 11) is 2.20. The third-order valence-corrected chi connectivity index (χ3v) is 4.16. The Kier molecular flexibility index (Phi) is 6.22. The van der Waals surface area contributed by atoms with E-state index in [-0.39, 0.29) is 6.10 Å². The summed E-state index contributed by atoms with van der Waals surface area (Å²) in [4.78, 5) is 2.42. The van der Waals surface area contributed by atoms with Crippen LogP contribution in [-0.2, 0) is 11.2 Å². The van der Waals surface area contributed by atoms with Gasteiger partial charge in [-0.15, -0.1) is 0 Å². The van der Waals surface area contributed by atoms with Crippen LogP contribution in [0.15, 0.2) is 24.3 Å². The molecular weight excluding hydrogens is 260 g/mol. The molecule has 21 heavy (non-hydrogen) atoms. The minimum Gasteiger partial charge on any atom is -0.374 e. The summed E-state index contributed by atoms with van der Waals surface area (Å²) in [6.07, 6.45) is 1.39. The largest absolute Gasteiger partial charge is 0.374 e. The van der Waals surface area contributed by atoms with Gasteiger partial charge in [0.15, 0.2) is 0 Å². The predicted molar refractivity (Wildman–Crippen MR) is 88.6 cm³/mol. The first-order chi connectivity index (χ1) is 10.1. The second kappa shape index (κ2) is 7.92. The molecule has 0 bridgehead atoms. The van der Waals surface area contributed by atoms with Gasteiger partial charge < -0.3 is 10.1 Å². The Labute approximate surface area is 129 Å². The highest BCUT2D eigenvalue weighted by molar-refractivity contribution is 5.26. The fourth-order valence-electron chi connectivity index (χ4n) is 3.11. The van der Waals surface area contributed by atoms with Crippen LogP contribution in [0.2, 0.25) is 0 Å². The van der Waals surface area contributed by atoms with E-state index in [1.165, 1.54) is 11.1 Å². The van der Waals surface area contributed by atoms with Crippen molar-refractivity contribution in [1.82, 2.24) is 10.2 Å². The molecule has 3 nitrogen and oxygen atoms in total. The molecule has 1 aromatic rings. The molecular formula is C18H30N2O. The lowest BCUT2D eigenvalue weighted by Crippen LogP contribution is -2.47. The van der Waals surface area contributed by atoms with Crippen LogP contribution in [0.5, 0.6) is 0 Å². The molecule has 2 unspecified atom stereocenters. The first-order valence-corrected chi connectivity index (χ1v) is 8.23. The van der Waals surface area contributed by atoms with E-state index in [2.05, 4.69) is 62.3 Å². The predicted octanol–water partition coefficient (Wildman–Crippen LogP) is 2.87. The maximum Gasteiger partial charge on any atom is 0.0896 e. The molecule has 1 aromatic carbocycles. The Morgan fingerprint density at radius 1 is 1.29 bits per heavy atom. The van der Waals surface area contributed by atoms with Crippen LogP contribution in [0.25, 0.3) is 0 Å². The van der Waals surface area contributed by atoms with Gasteiger partial charge in [0.1, 0.15) is 0 Å². The summed E-state index contributed by atoms with van der Waals surface area (Å²) in [5.74, 6) is 0.707. The third-order valence-electron chi connectivity index (χ3n) is 4.16. The average molecular weight is 290 g/mol. The molecule has 3 heteroatoms. The molecule has 0 aliphatic carbocycles. The summed E-state index contributed by atoms with van der Waals surface area (Å²) in [5.41, 5.74) is 2.80. The van der Waals surface area contributed by atoms with E-state index in [1.807, 2.05) is 0 Å². The van der Waals surface area contributed by atoms with Crippen molar-refractivity contribution in [3.8, 4) is 0 Å². The maximum atomic E-state index is 6.01. The molecule has 0 radical (unpaired) electrons. The van der Waals surface area contributed by atoms with Gasteiger partial charge in [-0.2, -0.15) is 0 Å². The highest BCUT2D eigenvalue weighted by Gasteiger charge is 2.30. The third kappa shape index (κ3) is 4.53. The Morgan fingerprint density at radius 3 is 2.62 bits per heavy atom. The van der Waals surface area contributed by atoms with E-state index < -0.39 is 0 Å². The second-order valence-electron chi connectivity index (χ2n) is 6.48. The van der Waals surface area contributed by atoms with Crippen molar-refractivity contribution < 1.29 is 4.74 Å². The van der Waals surface area contributed by atoms with Crippen molar-refractivity contribution in [1.29, 1.82) is 0 Å². The number of benzene rings is 1. The minimum absolute atomic E-state index is 0.236. The quantitative estimate of drug-likeness (QED) is 0.872. The van der Waals surface area contributed by atoms with Gasteiger partial charge in [-0.05, 0) is 37.1 Å². The maximum absolute atomic E-state index is 6.01. The van der Waals surface area contributed by atoms with Gasteiger partial charge in [-0.1, -0.05) is 45.0 Å². The van der Waals surface area contributed by atoms with Crippen LogP contribution < -0.4 is 5.32 Å². The number of hydrogen-bond acceptors (Lipinski definition) is 3. The molecule has 0 amide bonds. The number of likely N-dealkylation sites (N-methyl/N-ethyl adjacent to an activating group) is 2. The summed E-state index contributed by atoms with van der Waals surface area (Å²) < 4.78 is 6.01. The zero-order valence-corrected chi connectivity index (χ0v) is 13.9. The van der Waals surface area contributed by atoms with Crippen molar-refractivity contribution in [3.63, 3.8) is 0 Å². The fraction of sp³-hybridized carbons (Fsp3) is 0.667. The highest BCUT2D eigenvalue weighted by atomic mass is 16.5. The van der Waals surface area contributed by atoms with Crippen LogP contribution in [0.1, 0.15) is 37.9 Å².